The molecular weight excluding hydrogens is 322 g/mol. The molecule has 1 aliphatic rings. The molecule has 2 aromatic rings. The maximum Gasteiger partial charge on any atom is 0.0991 e. The van der Waals surface area contributed by atoms with Gasteiger partial charge in [-0.25, -0.2) is 0 Å². The summed E-state index contributed by atoms with van der Waals surface area (Å²) in [6.07, 6.45) is 6.02. The number of rotatable bonds is 3. The fourth-order valence-corrected chi connectivity index (χ4v) is 2.83. The molecule has 0 unspecified atom stereocenters. The van der Waals surface area contributed by atoms with Crippen molar-refractivity contribution in [3.8, 4) is 6.07 Å². The van der Waals surface area contributed by atoms with E-state index in [1.807, 2.05) is 36.9 Å². The lowest BCUT2D eigenvalue weighted by molar-refractivity contribution is 1.02. The van der Waals surface area contributed by atoms with Gasteiger partial charge in [0.15, 0.2) is 0 Å². The van der Waals surface area contributed by atoms with Crippen LogP contribution in [0.2, 0.25) is 0 Å². The van der Waals surface area contributed by atoms with Crippen LogP contribution in [0.1, 0.15) is 5.56 Å². The summed E-state index contributed by atoms with van der Waals surface area (Å²) in [5.74, 6) is 0. The zero-order valence-electron chi connectivity index (χ0n) is 13.3. The summed E-state index contributed by atoms with van der Waals surface area (Å²) in [5, 5.41) is 8.44. The second-order valence-corrected chi connectivity index (χ2v) is 6.51. The van der Waals surface area contributed by atoms with Crippen LogP contribution in [0.4, 0.5) is 5.69 Å². The van der Waals surface area contributed by atoms with E-state index in [9.17, 15) is 0 Å². The molecule has 0 aromatic heterocycles. The van der Waals surface area contributed by atoms with Crippen molar-refractivity contribution in [3.05, 3.63) is 54.1 Å². The zero-order valence-corrected chi connectivity index (χ0v) is 14.9. The van der Waals surface area contributed by atoms with Crippen molar-refractivity contribution in [1.29, 1.82) is 5.26 Å². The van der Waals surface area contributed by atoms with Crippen LogP contribution in [-0.2, 0) is 0 Å². The summed E-state index contributed by atoms with van der Waals surface area (Å²) in [4.78, 5) is 8.85. The molecule has 0 N–H and O–H groups in total. The molecule has 118 valence electrons. The molecule has 0 bridgehead atoms. The van der Waals surface area contributed by atoms with Crippen LogP contribution in [0.3, 0.4) is 0 Å². The minimum atomic E-state index is 0.720. The first-order valence-corrected chi connectivity index (χ1v) is 9.66. The predicted molar refractivity (Wildman–Crippen MR) is 102 cm³/mol. The van der Waals surface area contributed by atoms with E-state index >= 15 is 0 Å². The van der Waals surface area contributed by atoms with Gasteiger partial charge in [-0.15, -0.1) is 23.5 Å². The molecule has 0 spiro atoms. The standard InChI is InChI=1S/C10H12N2S.C8H7NS/c1-13-10-4-2-9(3-5-10)12-7-6-11-8-12;1-10-8-4-2-7(6-9)3-5-8/h2-5,8H,6-7H2,1H3;2-5H,1H3. The molecule has 0 aliphatic carbocycles. The second-order valence-electron chi connectivity index (χ2n) is 4.75. The molecule has 0 atom stereocenters. The molecule has 0 saturated carbocycles. The minimum absolute atomic E-state index is 0.720. The average Bonchev–Trinajstić information content (AvgIpc) is 3.17. The summed E-state index contributed by atoms with van der Waals surface area (Å²) in [6, 6.07) is 18.2. The smallest absolute Gasteiger partial charge is 0.0991 e. The van der Waals surface area contributed by atoms with Gasteiger partial charge in [-0.05, 0) is 61.0 Å². The highest BCUT2D eigenvalue weighted by molar-refractivity contribution is 7.98. The van der Waals surface area contributed by atoms with Crippen LogP contribution in [0.15, 0.2) is 63.3 Å². The molecule has 3 nitrogen and oxygen atoms in total. The molecule has 0 fully saturated rings. The number of nitriles is 1. The van der Waals surface area contributed by atoms with Gasteiger partial charge in [0.2, 0.25) is 0 Å². The van der Waals surface area contributed by atoms with Crippen molar-refractivity contribution in [3.63, 3.8) is 0 Å². The van der Waals surface area contributed by atoms with Crippen LogP contribution in [0, 0.1) is 11.3 Å². The van der Waals surface area contributed by atoms with Gasteiger partial charge in [-0.1, -0.05) is 0 Å². The van der Waals surface area contributed by atoms with E-state index in [1.54, 1.807) is 23.5 Å². The number of aliphatic imine (C=N–C) groups is 1. The third-order valence-electron chi connectivity index (χ3n) is 3.31. The van der Waals surface area contributed by atoms with Gasteiger partial charge < -0.3 is 4.90 Å². The Kier molecular flexibility index (Phi) is 7.05. The van der Waals surface area contributed by atoms with Crippen molar-refractivity contribution in [2.24, 2.45) is 4.99 Å². The van der Waals surface area contributed by atoms with Crippen LogP contribution in [-0.4, -0.2) is 31.9 Å². The first-order valence-electron chi connectivity index (χ1n) is 7.21. The van der Waals surface area contributed by atoms with E-state index in [2.05, 4.69) is 46.5 Å². The Morgan fingerprint density at radius 3 is 1.96 bits per heavy atom. The molecule has 23 heavy (non-hydrogen) atoms. The maximum atomic E-state index is 8.44. The van der Waals surface area contributed by atoms with E-state index in [0.717, 1.165) is 18.7 Å². The van der Waals surface area contributed by atoms with Crippen LogP contribution >= 0.6 is 23.5 Å². The zero-order chi connectivity index (χ0) is 16.5. The molecule has 0 saturated heterocycles. The monoisotopic (exact) mass is 341 g/mol. The molecular formula is C18H19N3S2. The van der Waals surface area contributed by atoms with Crippen molar-refractivity contribution in [1.82, 2.24) is 0 Å². The first kappa shape index (κ1) is 17.5. The van der Waals surface area contributed by atoms with Crippen LogP contribution in [0.5, 0.6) is 0 Å². The highest BCUT2D eigenvalue weighted by atomic mass is 32.2. The molecule has 5 heteroatoms. The fourth-order valence-electron chi connectivity index (χ4n) is 2.01. The van der Waals surface area contributed by atoms with E-state index < -0.39 is 0 Å². The largest absolute Gasteiger partial charge is 0.331 e. The number of thioether (sulfide) groups is 2. The molecule has 3 rings (SSSR count). The van der Waals surface area contributed by atoms with Crippen molar-refractivity contribution < 1.29 is 0 Å². The van der Waals surface area contributed by atoms with Gasteiger partial charge in [0, 0.05) is 22.0 Å². The maximum absolute atomic E-state index is 8.44. The number of hydrogen-bond donors (Lipinski definition) is 0. The Morgan fingerprint density at radius 1 is 0.957 bits per heavy atom. The van der Waals surface area contributed by atoms with E-state index in [4.69, 9.17) is 5.26 Å². The van der Waals surface area contributed by atoms with E-state index in [0.29, 0.717) is 0 Å². The molecule has 0 radical (unpaired) electrons. The molecule has 2 aromatic carbocycles. The van der Waals surface area contributed by atoms with Crippen LogP contribution in [0.25, 0.3) is 0 Å². The van der Waals surface area contributed by atoms with E-state index in [1.165, 1.54) is 15.5 Å². The minimum Gasteiger partial charge on any atom is -0.331 e. The fraction of sp³-hybridized carbons (Fsp3) is 0.222. The summed E-state index contributed by atoms with van der Waals surface area (Å²) < 4.78 is 0. The van der Waals surface area contributed by atoms with Gasteiger partial charge in [-0.2, -0.15) is 5.26 Å². The van der Waals surface area contributed by atoms with Gasteiger partial charge in [0.25, 0.3) is 0 Å². The van der Waals surface area contributed by atoms with Crippen molar-refractivity contribution in [2.45, 2.75) is 9.79 Å². The van der Waals surface area contributed by atoms with Gasteiger partial charge in [0.05, 0.1) is 24.5 Å². The van der Waals surface area contributed by atoms with Gasteiger partial charge in [0.1, 0.15) is 0 Å². The Morgan fingerprint density at radius 2 is 1.52 bits per heavy atom. The lowest BCUT2D eigenvalue weighted by atomic mass is 10.2. The van der Waals surface area contributed by atoms with Crippen molar-refractivity contribution in [2.75, 3.05) is 30.5 Å². The lowest BCUT2D eigenvalue weighted by Crippen LogP contribution is -2.17. The average molecular weight is 342 g/mol. The Hall–Kier alpha value is -1.90. The quantitative estimate of drug-likeness (QED) is 0.769. The van der Waals surface area contributed by atoms with Gasteiger partial charge >= 0.3 is 0 Å². The topological polar surface area (TPSA) is 39.4 Å². The SMILES string of the molecule is CSc1ccc(C#N)cc1.CSc1ccc(N2C=NCC2)cc1. The number of benzene rings is 2. The number of hydrogen-bond acceptors (Lipinski definition) is 5. The Balaban J connectivity index is 0.000000174. The van der Waals surface area contributed by atoms with E-state index in [-0.39, 0.29) is 0 Å². The third kappa shape index (κ3) is 5.34. The summed E-state index contributed by atoms with van der Waals surface area (Å²) >= 11 is 3.45. The normalized spacial score (nSPS) is 12.5. The second kappa shape index (κ2) is 9.29. The molecule has 1 aliphatic heterocycles. The highest BCUT2D eigenvalue weighted by Crippen LogP contribution is 2.20. The number of nitrogens with zero attached hydrogens (tertiary/aromatic N) is 3. The highest BCUT2D eigenvalue weighted by Gasteiger charge is 2.06. The Labute approximate surface area is 146 Å². The first-order chi connectivity index (χ1) is 11.3. The summed E-state index contributed by atoms with van der Waals surface area (Å²) in [5.41, 5.74) is 1.96. The number of anilines is 1. The third-order valence-corrected chi connectivity index (χ3v) is 4.80. The predicted octanol–water partition coefficient (Wildman–Crippen LogP) is 4.54. The Bertz CT molecular complexity index is 673. The lowest BCUT2D eigenvalue weighted by Gasteiger charge is -2.13. The molecule has 0 amide bonds. The van der Waals surface area contributed by atoms with Gasteiger partial charge in [-0.3, -0.25) is 4.99 Å². The van der Waals surface area contributed by atoms with Crippen molar-refractivity contribution >= 4 is 35.5 Å². The molecule has 1 heterocycles. The van der Waals surface area contributed by atoms with Crippen LogP contribution < -0.4 is 4.90 Å². The summed E-state index contributed by atoms with van der Waals surface area (Å²) in [7, 11) is 0. The summed E-state index contributed by atoms with van der Waals surface area (Å²) in [6.45, 7) is 1.93.